The number of esters is 1. The molecule has 0 saturated heterocycles. The van der Waals surface area contributed by atoms with Gasteiger partial charge in [-0.2, -0.15) is 0 Å². The number of hydrogen-bond acceptors (Lipinski definition) is 7. The molecule has 10 heteroatoms. The number of methoxy groups -OCH3 is 1. The van der Waals surface area contributed by atoms with Gasteiger partial charge in [0.15, 0.2) is 22.2 Å². The predicted molar refractivity (Wildman–Crippen MR) is 145 cm³/mol. The first-order valence-corrected chi connectivity index (χ1v) is 13.8. The Bertz CT molecular complexity index is 1330. The van der Waals surface area contributed by atoms with E-state index in [-0.39, 0.29) is 22.8 Å². The molecule has 0 aliphatic heterocycles. The average Bonchev–Trinajstić information content (AvgIpc) is 3.29. The number of rotatable bonds is 8. The van der Waals surface area contributed by atoms with E-state index in [2.05, 4.69) is 4.99 Å². The maximum absolute atomic E-state index is 14.4. The Morgan fingerprint density at radius 1 is 1.24 bits per heavy atom. The van der Waals surface area contributed by atoms with E-state index >= 15 is 0 Å². The van der Waals surface area contributed by atoms with Crippen LogP contribution in [0.2, 0.25) is 5.02 Å². The van der Waals surface area contributed by atoms with Gasteiger partial charge in [-0.25, -0.2) is 14.4 Å². The molecule has 38 heavy (non-hydrogen) atoms. The van der Waals surface area contributed by atoms with Gasteiger partial charge in [-0.3, -0.25) is 9.36 Å². The van der Waals surface area contributed by atoms with Gasteiger partial charge in [0.05, 0.1) is 16.5 Å². The summed E-state index contributed by atoms with van der Waals surface area (Å²) in [5.74, 6) is -0.136. The molecule has 0 unspecified atom stereocenters. The van der Waals surface area contributed by atoms with E-state index in [1.165, 1.54) is 17.4 Å². The molecule has 1 aliphatic rings. The maximum atomic E-state index is 14.4. The molecule has 1 saturated carbocycles. The van der Waals surface area contributed by atoms with Crippen LogP contribution < -0.4 is 9.54 Å². The van der Waals surface area contributed by atoms with Crippen LogP contribution in [-0.4, -0.2) is 34.3 Å². The lowest BCUT2D eigenvalue weighted by atomic mass is 9.70. The van der Waals surface area contributed by atoms with Crippen LogP contribution in [0.4, 0.5) is 10.2 Å². The monoisotopic (exact) mass is 561 g/mol. The highest BCUT2D eigenvalue weighted by Gasteiger charge is 2.45. The molecule has 4 rings (SSSR count). The Morgan fingerprint density at radius 2 is 1.97 bits per heavy atom. The van der Waals surface area contributed by atoms with Gasteiger partial charge in [-0.05, 0) is 70.7 Å². The highest BCUT2D eigenvalue weighted by atomic mass is 35.5. The summed E-state index contributed by atoms with van der Waals surface area (Å²) in [4.78, 5) is 23.8. The summed E-state index contributed by atoms with van der Waals surface area (Å²) in [6.45, 7) is 5.99. The lowest BCUT2D eigenvalue weighted by molar-refractivity contribution is -0.171. The van der Waals surface area contributed by atoms with Crippen molar-refractivity contribution in [2.75, 3.05) is 7.11 Å². The minimum atomic E-state index is -0.773. The zero-order valence-electron chi connectivity index (χ0n) is 22.1. The van der Waals surface area contributed by atoms with Crippen LogP contribution >= 0.6 is 22.9 Å². The quantitative estimate of drug-likeness (QED) is 0.295. The smallest absolute Gasteiger partial charge is 0.312 e. The van der Waals surface area contributed by atoms with Gasteiger partial charge in [0, 0.05) is 30.8 Å². The number of nitrogens with zero attached hydrogens (tertiary/aromatic N) is 3. The second-order valence-electron chi connectivity index (χ2n) is 10.5. The summed E-state index contributed by atoms with van der Waals surface area (Å²) in [6, 6.07) is 10.4. The van der Waals surface area contributed by atoms with Gasteiger partial charge in [0.1, 0.15) is 12.3 Å². The molecule has 2 heterocycles. The molecule has 0 bridgehead atoms. The van der Waals surface area contributed by atoms with Crippen LogP contribution in [0.1, 0.15) is 52.1 Å². The summed E-state index contributed by atoms with van der Waals surface area (Å²) in [5.41, 5.74) is -0.642. The van der Waals surface area contributed by atoms with Gasteiger partial charge in [0.2, 0.25) is 0 Å². The number of carbonyl (C=O) groups excluding carboxylic acids is 1. The van der Waals surface area contributed by atoms with Gasteiger partial charge < -0.3 is 14.2 Å². The van der Waals surface area contributed by atoms with Crippen LogP contribution in [0.15, 0.2) is 53.0 Å². The SMILES string of the molecule is COCn1ccs/c1=N\c1cccc(CC2(C(=O)OC(C)(C)C)CCC(Oc3cccc(Cl)c3F)CC2)n1. The summed E-state index contributed by atoms with van der Waals surface area (Å²) in [6.07, 6.45) is 4.27. The van der Waals surface area contributed by atoms with Crippen molar-refractivity contribution in [1.82, 2.24) is 9.55 Å². The maximum Gasteiger partial charge on any atom is 0.312 e. The van der Waals surface area contributed by atoms with Crippen molar-refractivity contribution in [1.29, 1.82) is 0 Å². The summed E-state index contributed by atoms with van der Waals surface area (Å²) >= 11 is 7.41. The average molecular weight is 562 g/mol. The molecule has 0 amide bonds. The molecular weight excluding hydrogens is 529 g/mol. The third kappa shape index (κ3) is 7.01. The van der Waals surface area contributed by atoms with Crippen LogP contribution in [0.5, 0.6) is 5.75 Å². The van der Waals surface area contributed by atoms with Crippen molar-refractivity contribution in [3.8, 4) is 5.75 Å². The van der Waals surface area contributed by atoms with Crippen molar-refractivity contribution >= 4 is 34.7 Å². The molecule has 1 aromatic carbocycles. The lowest BCUT2D eigenvalue weighted by Gasteiger charge is -2.39. The first kappa shape index (κ1) is 28.3. The van der Waals surface area contributed by atoms with Crippen LogP contribution in [-0.2, 0) is 27.4 Å². The number of pyridine rings is 1. The Hall–Kier alpha value is -2.75. The molecule has 0 N–H and O–H groups in total. The number of thiazole rings is 1. The Kier molecular flexibility index (Phi) is 8.90. The van der Waals surface area contributed by atoms with E-state index < -0.39 is 16.8 Å². The zero-order valence-corrected chi connectivity index (χ0v) is 23.7. The number of carbonyl (C=O) groups is 1. The molecule has 0 radical (unpaired) electrons. The van der Waals surface area contributed by atoms with Crippen LogP contribution in [0.3, 0.4) is 0 Å². The fourth-order valence-corrected chi connectivity index (χ4v) is 5.44. The fourth-order valence-electron chi connectivity index (χ4n) is 4.55. The third-order valence-corrected chi connectivity index (χ3v) is 7.47. The number of halogens is 2. The third-order valence-electron chi connectivity index (χ3n) is 6.38. The van der Waals surface area contributed by atoms with Crippen LogP contribution in [0, 0.1) is 11.2 Å². The number of benzene rings is 1. The first-order chi connectivity index (χ1) is 18.1. The molecule has 7 nitrogen and oxygen atoms in total. The van der Waals surface area contributed by atoms with Gasteiger partial charge in [0.25, 0.3) is 0 Å². The molecule has 1 aliphatic carbocycles. The predicted octanol–water partition coefficient (Wildman–Crippen LogP) is 6.47. The van der Waals surface area contributed by atoms with E-state index in [9.17, 15) is 9.18 Å². The van der Waals surface area contributed by atoms with E-state index in [0.717, 1.165) is 10.5 Å². The molecule has 204 valence electrons. The van der Waals surface area contributed by atoms with Gasteiger partial charge >= 0.3 is 5.97 Å². The number of ether oxygens (including phenoxy) is 3. The molecule has 0 spiro atoms. The standard InChI is InChI=1S/C28H33ClFN3O4S/c1-27(2,3)37-25(34)28(13-11-20(12-14-28)36-22-9-6-8-21(29)24(22)30)17-19-7-5-10-23(31-19)32-26-33(18-35-4)15-16-38-26/h5-10,15-16,20H,11-14,17-18H2,1-4H3/b32-26-. The Labute approximate surface area is 231 Å². The topological polar surface area (TPSA) is 74.9 Å². The Balaban J connectivity index is 1.56. The van der Waals surface area contributed by atoms with Crippen molar-refractivity contribution in [2.45, 2.75) is 71.3 Å². The lowest BCUT2D eigenvalue weighted by Crippen LogP contribution is -2.44. The molecule has 3 aromatic rings. The zero-order chi connectivity index (χ0) is 27.3. The van der Waals surface area contributed by atoms with Crippen molar-refractivity contribution < 1.29 is 23.4 Å². The number of hydrogen-bond donors (Lipinski definition) is 0. The summed E-state index contributed by atoms with van der Waals surface area (Å²) < 4.78 is 33.3. The minimum Gasteiger partial charge on any atom is -0.487 e. The van der Waals surface area contributed by atoms with E-state index in [1.54, 1.807) is 19.2 Å². The van der Waals surface area contributed by atoms with Crippen LogP contribution in [0.25, 0.3) is 0 Å². The molecule has 0 atom stereocenters. The fraction of sp³-hybridized carbons (Fsp3) is 0.464. The van der Waals surface area contributed by atoms with Crippen molar-refractivity contribution in [2.24, 2.45) is 10.4 Å². The second kappa shape index (κ2) is 12.0. The minimum absolute atomic E-state index is 0.0214. The molecule has 2 aromatic heterocycles. The van der Waals surface area contributed by atoms with Gasteiger partial charge in [-0.1, -0.05) is 23.7 Å². The van der Waals surface area contributed by atoms with E-state index in [4.69, 9.17) is 30.8 Å². The summed E-state index contributed by atoms with van der Waals surface area (Å²) in [7, 11) is 1.63. The Morgan fingerprint density at radius 3 is 2.68 bits per heavy atom. The second-order valence-corrected chi connectivity index (χ2v) is 11.8. The van der Waals surface area contributed by atoms with E-state index in [0.29, 0.717) is 44.7 Å². The molecular formula is C28H33ClFN3O4S. The van der Waals surface area contributed by atoms with E-state index in [1.807, 2.05) is 55.1 Å². The van der Waals surface area contributed by atoms with Gasteiger partial charge in [-0.15, -0.1) is 11.3 Å². The highest BCUT2D eigenvalue weighted by Crippen LogP contribution is 2.42. The first-order valence-electron chi connectivity index (χ1n) is 12.6. The largest absolute Gasteiger partial charge is 0.487 e. The highest BCUT2D eigenvalue weighted by molar-refractivity contribution is 7.07. The normalized spacial score (nSPS) is 20.4. The van der Waals surface area contributed by atoms with Crippen molar-refractivity contribution in [3.63, 3.8) is 0 Å². The molecule has 1 fully saturated rings. The number of aromatic nitrogens is 2. The van der Waals surface area contributed by atoms with Crippen molar-refractivity contribution in [3.05, 3.63) is 69.3 Å². The summed E-state index contributed by atoms with van der Waals surface area (Å²) in [5, 5.41) is 1.96.